The van der Waals surface area contributed by atoms with Gasteiger partial charge in [0.15, 0.2) is 0 Å². The molecular formula is C16H14Cl2N2O. The average Bonchev–Trinajstić information content (AvgIpc) is 2.71. The third-order valence-electron chi connectivity index (χ3n) is 3.68. The summed E-state index contributed by atoms with van der Waals surface area (Å²) in [6.45, 7) is 1.35. The molecule has 0 fully saturated rings. The van der Waals surface area contributed by atoms with Gasteiger partial charge >= 0.3 is 0 Å². The molecule has 3 rings (SSSR count). The lowest BCUT2D eigenvalue weighted by atomic mass is 10.0. The highest BCUT2D eigenvalue weighted by molar-refractivity contribution is 6.41. The Bertz CT molecular complexity index is 688. The SMILES string of the molecule is O=C(c1cnc(Cl)c(Cl)c1)N1CCCc2ccccc2C1. The van der Waals surface area contributed by atoms with E-state index in [1.54, 1.807) is 6.07 Å². The van der Waals surface area contributed by atoms with Gasteiger partial charge in [-0.15, -0.1) is 0 Å². The van der Waals surface area contributed by atoms with E-state index in [0.717, 1.165) is 19.4 Å². The number of aromatic nitrogens is 1. The minimum absolute atomic E-state index is 0.0576. The van der Waals surface area contributed by atoms with Crippen LogP contribution in [0.4, 0.5) is 0 Å². The number of amides is 1. The summed E-state index contributed by atoms with van der Waals surface area (Å²) in [6, 6.07) is 9.83. The molecule has 0 bridgehead atoms. The number of carbonyl (C=O) groups excluding carboxylic acids is 1. The molecule has 2 aromatic rings. The number of hydrogen-bond acceptors (Lipinski definition) is 2. The van der Waals surface area contributed by atoms with Crippen molar-refractivity contribution in [2.45, 2.75) is 19.4 Å². The summed E-state index contributed by atoms with van der Waals surface area (Å²) < 4.78 is 0. The molecule has 1 aliphatic rings. The molecule has 0 unspecified atom stereocenters. The van der Waals surface area contributed by atoms with Crippen molar-refractivity contribution >= 4 is 29.1 Å². The van der Waals surface area contributed by atoms with Gasteiger partial charge in [-0.3, -0.25) is 4.79 Å². The maximum absolute atomic E-state index is 12.6. The first kappa shape index (κ1) is 14.4. The van der Waals surface area contributed by atoms with Crippen molar-refractivity contribution in [3.05, 3.63) is 63.4 Å². The molecule has 1 aromatic heterocycles. The highest BCUT2D eigenvalue weighted by Crippen LogP contribution is 2.23. The number of carbonyl (C=O) groups is 1. The van der Waals surface area contributed by atoms with Crippen molar-refractivity contribution in [2.75, 3.05) is 6.54 Å². The minimum atomic E-state index is -0.0576. The summed E-state index contributed by atoms with van der Waals surface area (Å²) in [5.74, 6) is -0.0576. The predicted octanol–water partition coefficient (Wildman–Crippen LogP) is 3.98. The molecule has 1 amide bonds. The van der Waals surface area contributed by atoms with E-state index in [-0.39, 0.29) is 11.1 Å². The van der Waals surface area contributed by atoms with Gasteiger partial charge in [-0.2, -0.15) is 0 Å². The summed E-state index contributed by atoms with van der Waals surface area (Å²) in [6.07, 6.45) is 3.43. The Morgan fingerprint density at radius 2 is 1.95 bits per heavy atom. The van der Waals surface area contributed by atoms with E-state index in [1.165, 1.54) is 17.3 Å². The second kappa shape index (κ2) is 6.04. The first-order valence-corrected chi connectivity index (χ1v) is 7.58. The van der Waals surface area contributed by atoms with Crippen LogP contribution in [-0.4, -0.2) is 22.3 Å². The maximum Gasteiger partial charge on any atom is 0.255 e. The number of hydrogen-bond donors (Lipinski definition) is 0. The highest BCUT2D eigenvalue weighted by Gasteiger charge is 2.20. The Labute approximate surface area is 133 Å². The molecule has 1 aromatic carbocycles. The Balaban J connectivity index is 1.86. The Morgan fingerprint density at radius 1 is 1.19 bits per heavy atom. The lowest BCUT2D eigenvalue weighted by Gasteiger charge is -2.21. The van der Waals surface area contributed by atoms with Gasteiger partial charge in [0, 0.05) is 19.3 Å². The molecule has 5 heteroatoms. The minimum Gasteiger partial charge on any atom is -0.334 e. The summed E-state index contributed by atoms with van der Waals surface area (Å²) in [4.78, 5) is 18.4. The van der Waals surface area contributed by atoms with Gasteiger partial charge in [0.2, 0.25) is 0 Å². The Hall–Kier alpha value is -1.58. The fourth-order valence-corrected chi connectivity index (χ4v) is 2.86. The normalized spacial score (nSPS) is 14.5. The Kier molecular flexibility index (Phi) is 4.13. The number of aryl methyl sites for hydroxylation is 1. The molecule has 0 N–H and O–H groups in total. The van der Waals surface area contributed by atoms with Crippen molar-refractivity contribution in [2.24, 2.45) is 0 Å². The lowest BCUT2D eigenvalue weighted by Crippen LogP contribution is -2.30. The van der Waals surface area contributed by atoms with E-state index >= 15 is 0 Å². The van der Waals surface area contributed by atoms with E-state index in [4.69, 9.17) is 23.2 Å². The van der Waals surface area contributed by atoms with Crippen LogP contribution in [-0.2, 0) is 13.0 Å². The third-order valence-corrected chi connectivity index (χ3v) is 4.37. The van der Waals surface area contributed by atoms with Crippen molar-refractivity contribution in [3.63, 3.8) is 0 Å². The lowest BCUT2D eigenvalue weighted by molar-refractivity contribution is 0.0745. The van der Waals surface area contributed by atoms with Gasteiger partial charge in [-0.1, -0.05) is 47.5 Å². The summed E-state index contributed by atoms with van der Waals surface area (Å²) in [5, 5.41) is 0.521. The zero-order valence-corrected chi connectivity index (χ0v) is 12.9. The van der Waals surface area contributed by atoms with Crippen molar-refractivity contribution < 1.29 is 4.79 Å². The van der Waals surface area contributed by atoms with Crippen LogP contribution in [0.5, 0.6) is 0 Å². The number of fused-ring (bicyclic) bond motifs is 1. The fraction of sp³-hybridized carbons (Fsp3) is 0.250. The number of pyridine rings is 1. The molecule has 108 valence electrons. The Morgan fingerprint density at radius 3 is 2.71 bits per heavy atom. The standard InChI is InChI=1S/C16H14Cl2N2O/c17-14-8-13(9-19-15(14)18)16(21)20-7-3-6-11-4-1-2-5-12(11)10-20/h1-2,4-5,8-9H,3,6-7,10H2. The molecule has 2 heterocycles. The molecular weight excluding hydrogens is 307 g/mol. The summed E-state index contributed by atoms with van der Waals surface area (Å²) >= 11 is 11.7. The van der Waals surface area contributed by atoms with Gasteiger partial charge in [0.25, 0.3) is 5.91 Å². The van der Waals surface area contributed by atoms with Crippen LogP contribution < -0.4 is 0 Å². The summed E-state index contributed by atoms with van der Waals surface area (Å²) in [7, 11) is 0. The maximum atomic E-state index is 12.6. The molecule has 0 spiro atoms. The van der Waals surface area contributed by atoms with Gasteiger partial charge in [-0.05, 0) is 30.0 Å². The third kappa shape index (κ3) is 3.04. The van der Waals surface area contributed by atoms with E-state index < -0.39 is 0 Å². The van der Waals surface area contributed by atoms with Gasteiger partial charge in [-0.25, -0.2) is 4.98 Å². The van der Waals surface area contributed by atoms with Crippen LogP contribution in [0, 0.1) is 0 Å². The molecule has 0 aliphatic carbocycles. The molecule has 0 atom stereocenters. The molecule has 1 aliphatic heterocycles. The fourth-order valence-electron chi connectivity index (χ4n) is 2.59. The monoisotopic (exact) mass is 320 g/mol. The molecule has 21 heavy (non-hydrogen) atoms. The predicted molar refractivity (Wildman–Crippen MR) is 83.8 cm³/mol. The van der Waals surface area contributed by atoms with E-state index in [9.17, 15) is 4.79 Å². The zero-order valence-electron chi connectivity index (χ0n) is 11.4. The molecule has 0 saturated heterocycles. The number of benzene rings is 1. The van der Waals surface area contributed by atoms with Crippen LogP contribution >= 0.6 is 23.2 Å². The van der Waals surface area contributed by atoms with Crippen molar-refractivity contribution in [1.82, 2.24) is 9.88 Å². The van der Waals surface area contributed by atoms with Crippen LogP contribution in [0.25, 0.3) is 0 Å². The smallest absolute Gasteiger partial charge is 0.255 e. The van der Waals surface area contributed by atoms with Crippen LogP contribution in [0.2, 0.25) is 10.2 Å². The molecule has 0 saturated carbocycles. The van der Waals surface area contributed by atoms with Crippen molar-refractivity contribution in [1.29, 1.82) is 0 Å². The second-order valence-corrected chi connectivity index (χ2v) is 5.86. The first-order valence-electron chi connectivity index (χ1n) is 6.82. The van der Waals surface area contributed by atoms with E-state index in [2.05, 4.69) is 17.1 Å². The van der Waals surface area contributed by atoms with Crippen LogP contribution in [0.15, 0.2) is 36.5 Å². The van der Waals surface area contributed by atoms with E-state index in [0.29, 0.717) is 17.1 Å². The number of halogens is 2. The van der Waals surface area contributed by atoms with Gasteiger partial charge < -0.3 is 4.90 Å². The summed E-state index contributed by atoms with van der Waals surface area (Å²) in [5.41, 5.74) is 3.00. The van der Waals surface area contributed by atoms with Crippen LogP contribution in [0.3, 0.4) is 0 Å². The molecule has 0 radical (unpaired) electrons. The number of nitrogens with zero attached hydrogens (tertiary/aromatic N) is 2. The highest BCUT2D eigenvalue weighted by atomic mass is 35.5. The van der Waals surface area contributed by atoms with Gasteiger partial charge in [0.1, 0.15) is 5.15 Å². The first-order chi connectivity index (χ1) is 10.1. The van der Waals surface area contributed by atoms with Crippen LogP contribution in [0.1, 0.15) is 27.9 Å². The van der Waals surface area contributed by atoms with E-state index in [1.807, 2.05) is 17.0 Å². The van der Waals surface area contributed by atoms with Crippen molar-refractivity contribution in [3.8, 4) is 0 Å². The zero-order chi connectivity index (χ0) is 14.8. The van der Waals surface area contributed by atoms with Gasteiger partial charge in [0.05, 0.1) is 10.6 Å². The topological polar surface area (TPSA) is 33.2 Å². The number of rotatable bonds is 1. The molecule has 3 nitrogen and oxygen atoms in total. The second-order valence-electron chi connectivity index (χ2n) is 5.10. The quantitative estimate of drug-likeness (QED) is 0.745. The largest absolute Gasteiger partial charge is 0.334 e. The average molecular weight is 321 g/mol.